The van der Waals surface area contributed by atoms with Crippen LogP contribution in [-0.2, 0) is 4.79 Å². The van der Waals surface area contributed by atoms with Crippen molar-refractivity contribution in [3.8, 4) is 0 Å². The summed E-state index contributed by atoms with van der Waals surface area (Å²) < 4.78 is 0. The minimum Gasteiger partial charge on any atom is -0.334 e. The lowest BCUT2D eigenvalue weighted by molar-refractivity contribution is -0.136. The molecule has 1 saturated carbocycles. The molecule has 0 N–H and O–H groups in total. The Morgan fingerprint density at radius 2 is 1.89 bits per heavy atom. The van der Waals surface area contributed by atoms with E-state index >= 15 is 0 Å². The molecule has 0 bridgehead atoms. The van der Waals surface area contributed by atoms with Crippen LogP contribution in [0.5, 0.6) is 0 Å². The SMILES string of the molecule is CC(C)(C)N(C/C=C/c1ccccc1)C(=O)C1CC1. The van der Waals surface area contributed by atoms with Crippen LogP contribution in [0.3, 0.4) is 0 Å². The second-order valence-corrected chi connectivity index (χ2v) is 6.21. The van der Waals surface area contributed by atoms with Gasteiger partial charge in [0.2, 0.25) is 5.91 Å². The summed E-state index contributed by atoms with van der Waals surface area (Å²) in [5.41, 5.74) is 1.07. The predicted octanol–water partition coefficient (Wildman–Crippen LogP) is 3.74. The zero-order valence-electron chi connectivity index (χ0n) is 12.1. The third-order valence-corrected chi connectivity index (χ3v) is 3.40. The van der Waals surface area contributed by atoms with Gasteiger partial charge in [-0.1, -0.05) is 42.5 Å². The maximum Gasteiger partial charge on any atom is 0.226 e. The van der Waals surface area contributed by atoms with Crippen molar-refractivity contribution < 1.29 is 4.79 Å². The lowest BCUT2D eigenvalue weighted by Crippen LogP contribution is -2.46. The summed E-state index contributed by atoms with van der Waals surface area (Å²) in [5.74, 6) is 0.592. The average molecular weight is 257 g/mol. The Kier molecular flexibility index (Phi) is 4.08. The molecule has 0 heterocycles. The summed E-state index contributed by atoms with van der Waals surface area (Å²) in [6, 6.07) is 10.2. The van der Waals surface area contributed by atoms with Gasteiger partial charge < -0.3 is 4.90 Å². The maximum atomic E-state index is 12.3. The average Bonchev–Trinajstić information content (AvgIpc) is 3.18. The van der Waals surface area contributed by atoms with Crippen LogP contribution in [0.1, 0.15) is 39.2 Å². The van der Waals surface area contributed by atoms with E-state index in [9.17, 15) is 4.79 Å². The zero-order chi connectivity index (χ0) is 13.9. The van der Waals surface area contributed by atoms with E-state index in [0.717, 1.165) is 12.8 Å². The molecule has 19 heavy (non-hydrogen) atoms. The molecular weight excluding hydrogens is 234 g/mol. The van der Waals surface area contributed by atoms with Crippen molar-refractivity contribution in [2.24, 2.45) is 5.92 Å². The first kappa shape index (κ1) is 13.9. The van der Waals surface area contributed by atoms with E-state index in [2.05, 4.69) is 45.1 Å². The van der Waals surface area contributed by atoms with Crippen LogP contribution in [0.4, 0.5) is 0 Å². The molecule has 0 saturated heterocycles. The van der Waals surface area contributed by atoms with E-state index < -0.39 is 0 Å². The molecule has 1 amide bonds. The fourth-order valence-corrected chi connectivity index (χ4v) is 2.10. The van der Waals surface area contributed by atoms with Crippen molar-refractivity contribution >= 4 is 12.0 Å². The first-order chi connectivity index (χ1) is 8.98. The van der Waals surface area contributed by atoms with Crippen LogP contribution in [0.25, 0.3) is 6.08 Å². The van der Waals surface area contributed by atoms with Gasteiger partial charge in [0.25, 0.3) is 0 Å². The second kappa shape index (κ2) is 5.60. The van der Waals surface area contributed by atoms with Crippen molar-refractivity contribution in [3.05, 3.63) is 42.0 Å². The Hall–Kier alpha value is -1.57. The molecule has 0 aliphatic heterocycles. The third kappa shape index (κ3) is 3.95. The van der Waals surface area contributed by atoms with Gasteiger partial charge in [-0.25, -0.2) is 0 Å². The first-order valence-electron chi connectivity index (χ1n) is 7.01. The van der Waals surface area contributed by atoms with Crippen LogP contribution in [0.15, 0.2) is 36.4 Å². The smallest absolute Gasteiger partial charge is 0.226 e. The minimum atomic E-state index is -0.110. The molecule has 1 aromatic rings. The highest BCUT2D eigenvalue weighted by molar-refractivity contribution is 5.82. The summed E-state index contributed by atoms with van der Waals surface area (Å²) >= 11 is 0. The fraction of sp³-hybridized carbons (Fsp3) is 0.471. The molecule has 2 heteroatoms. The number of hydrogen-bond donors (Lipinski definition) is 0. The van der Waals surface area contributed by atoms with E-state index in [-0.39, 0.29) is 11.5 Å². The summed E-state index contributed by atoms with van der Waals surface area (Å²) in [6.07, 6.45) is 6.29. The lowest BCUT2D eigenvalue weighted by Gasteiger charge is -2.35. The van der Waals surface area contributed by atoms with Crippen molar-refractivity contribution in [2.75, 3.05) is 6.54 Å². The third-order valence-electron chi connectivity index (χ3n) is 3.40. The van der Waals surface area contributed by atoms with Gasteiger partial charge in [0, 0.05) is 18.0 Å². The van der Waals surface area contributed by atoms with Crippen LogP contribution in [0.2, 0.25) is 0 Å². The molecule has 0 atom stereocenters. The molecule has 2 nitrogen and oxygen atoms in total. The van der Waals surface area contributed by atoms with Crippen molar-refractivity contribution in [3.63, 3.8) is 0 Å². The van der Waals surface area contributed by atoms with Crippen LogP contribution in [0, 0.1) is 5.92 Å². The minimum absolute atomic E-state index is 0.110. The van der Waals surface area contributed by atoms with Gasteiger partial charge in [-0.15, -0.1) is 0 Å². The van der Waals surface area contributed by atoms with Crippen LogP contribution < -0.4 is 0 Å². The van der Waals surface area contributed by atoms with Gasteiger partial charge in [-0.3, -0.25) is 4.79 Å². The van der Waals surface area contributed by atoms with Crippen LogP contribution in [-0.4, -0.2) is 22.9 Å². The predicted molar refractivity (Wildman–Crippen MR) is 79.7 cm³/mol. The number of hydrogen-bond acceptors (Lipinski definition) is 1. The van der Waals surface area contributed by atoms with E-state index in [4.69, 9.17) is 0 Å². The summed E-state index contributed by atoms with van der Waals surface area (Å²) in [6.45, 7) is 6.99. The number of carbonyl (C=O) groups is 1. The highest BCUT2D eigenvalue weighted by atomic mass is 16.2. The topological polar surface area (TPSA) is 20.3 Å². The quantitative estimate of drug-likeness (QED) is 0.804. The van der Waals surface area contributed by atoms with E-state index in [1.165, 1.54) is 5.56 Å². The zero-order valence-corrected chi connectivity index (χ0v) is 12.1. The Bertz CT molecular complexity index is 452. The Morgan fingerprint density at radius 1 is 1.26 bits per heavy atom. The summed E-state index contributed by atoms with van der Waals surface area (Å²) in [4.78, 5) is 14.3. The second-order valence-electron chi connectivity index (χ2n) is 6.21. The van der Waals surface area contributed by atoms with E-state index in [1.54, 1.807) is 0 Å². The van der Waals surface area contributed by atoms with Gasteiger partial charge in [0.15, 0.2) is 0 Å². The normalized spacial score (nSPS) is 15.7. The highest BCUT2D eigenvalue weighted by Crippen LogP contribution is 2.33. The van der Waals surface area contributed by atoms with Gasteiger partial charge in [-0.05, 0) is 39.2 Å². The first-order valence-corrected chi connectivity index (χ1v) is 7.01. The standard InChI is InChI=1S/C17H23NO/c1-17(2,3)18(16(19)15-11-12-15)13-7-10-14-8-5-4-6-9-14/h4-10,15H,11-13H2,1-3H3/b10-7+. The molecule has 0 spiro atoms. The Labute approximate surface area is 116 Å². The largest absolute Gasteiger partial charge is 0.334 e. The molecular formula is C17H23NO. The summed E-state index contributed by atoms with van der Waals surface area (Å²) in [7, 11) is 0. The lowest BCUT2D eigenvalue weighted by atomic mass is 10.0. The maximum absolute atomic E-state index is 12.3. The van der Waals surface area contributed by atoms with Gasteiger partial charge in [0.1, 0.15) is 0 Å². The van der Waals surface area contributed by atoms with Crippen LogP contribution >= 0.6 is 0 Å². The summed E-state index contributed by atoms with van der Waals surface area (Å²) in [5, 5.41) is 0. The number of rotatable bonds is 4. The molecule has 1 aliphatic carbocycles. The monoisotopic (exact) mass is 257 g/mol. The number of benzene rings is 1. The van der Waals surface area contributed by atoms with E-state index in [0.29, 0.717) is 12.5 Å². The Balaban J connectivity index is 2.00. The molecule has 2 rings (SSSR count). The van der Waals surface area contributed by atoms with Crippen molar-refractivity contribution in [1.29, 1.82) is 0 Å². The molecule has 1 fully saturated rings. The number of carbonyl (C=O) groups excluding carboxylic acids is 1. The number of amides is 1. The molecule has 0 unspecified atom stereocenters. The molecule has 1 aromatic carbocycles. The van der Waals surface area contributed by atoms with Crippen molar-refractivity contribution in [1.82, 2.24) is 4.90 Å². The van der Waals surface area contributed by atoms with Gasteiger partial charge in [-0.2, -0.15) is 0 Å². The van der Waals surface area contributed by atoms with Gasteiger partial charge >= 0.3 is 0 Å². The fourth-order valence-electron chi connectivity index (χ4n) is 2.10. The van der Waals surface area contributed by atoms with Crippen molar-refractivity contribution in [2.45, 2.75) is 39.2 Å². The van der Waals surface area contributed by atoms with Gasteiger partial charge in [0.05, 0.1) is 0 Å². The Morgan fingerprint density at radius 3 is 2.42 bits per heavy atom. The molecule has 0 aromatic heterocycles. The molecule has 102 valence electrons. The van der Waals surface area contributed by atoms with E-state index in [1.807, 2.05) is 23.1 Å². The highest BCUT2D eigenvalue weighted by Gasteiger charge is 2.36. The molecule has 1 aliphatic rings. The molecule has 0 radical (unpaired) electrons. The number of nitrogens with zero attached hydrogens (tertiary/aromatic N) is 1.